The Morgan fingerprint density at radius 3 is 2.65 bits per heavy atom. The number of amides is 1. The van der Waals surface area contributed by atoms with E-state index in [-0.39, 0.29) is 17.1 Å². The van der Waals surface area contributed by atoms with Gasteiger partial charge in [-0.05, 0) is 42.3 Å². The van der Waals surface area contributed by atoms with Gasteiger partial charge in [0.2, 0.25) is 0 Å². The van der Waals surface area contributed by atoms with Gasteiger partial charge in [-0.1, -0.05) is 6.07 Å². The smallest absolute Gasteiger partial charge is 0.263 e. The van der Waals surface area contributed by atoms with Gasteiger partial charge in [-0.2, -0.15) is 0 Å². The zero-order valence-electron chi connectivity index (χ0n) is 10.7. The van der Waals surface area contributed by atoms with E-state index in [0.717, 1.165) is 24.2 Å². The first kappa shape index (κ1) is 12.3. The number of carbonyl (C=O) groups is 1. The Morgan fingerprint density at radius 2 is 1.90 bits per heavy atom. The molecule has 2 aromatic carbocycles. The van der Waals surface area contributed by atoms with Crippen molar-refractivity contribution in [1.82, 2.24) is 0 Å². The summed E-state index contributed by atoms with van der Waals surface area (Å²) in [5.41, 5.74) is 2.74. The SMILES string of the molecule is O=C(Nc1ccc2c(c1)CCN2)c1c(O)cccc1O. The van der Waals surface area contributed by atoms with E-state index < -0.39 is 5.91 Å². The zero-order chi connectivity index (χ0) is 14.1. The molecule has 0 bridgehead atoms. The average Bonchev–Trinajstić information content (AvgIpc) is 2.85. The van der Waals surface area contributed by atoms with E-state index in [1.54, 1.807) is 6.07 Å². The van der Waals surface area contributed by atoms with E-state index in [2.05, 4.69) is 10.6 Å². The molecule has 0 atom stereocenters. The summed E-state index contributed by atoms with van der Waals surface area (Å²) in [5.74, 6) is -1.03. The highest BCUT2D eigenvalue weighted by Gasteiger charge is 2.17. The number of nitrogens with one attached hydrogen (secondary N) is 2. The van der Waals surface area contributed by atoms with Gasteiger partial charge in [-0.15, -0.1) is 0 Å². The lowest BCUT2D eigenvalue weighted by molar-refractivity contribution is 0.102. The van der Waals surface area contributed by atoms with Gasteiger partial charge >= 0.3 is 0 Å². The highest BCUT2D eigenvalue weighted by molar-refractivity contribution is 6.08. The Hall–Kier alpha value is -2.69. The fourth-order valence-corrected chi connectivity index (χ4v) is 2.34. The Morgan fingerprint density at radius 1 is 1.15 bits per heavy atom. The minimum absolute atomic E-state index is 0.119. The van der Waals surface area contributed by atoms with Crippen LogP contribution < -0.4 is 10.6 Å². The van der Waals surface area contributed by atoms with Crippen molar-refractivity contribution in [2.24, 2.45) is 0 Å². The van der Waals surface area contributed by atoms with E-state index in [1.165, 1.54) is 18.2 Å². The van der Waals surface area contributed by atoms with Crippen LogP contribution in [0.25, 0.3) is 0 Å². The minimum atomic E-state index is -0.536. The fraction of sp³-hybridized carbons (Fsp3) is 0.133. The molecule has 102 valence electrons. The zero-order valence-corrected chi connectivity index (χ0v) is 10.7. The molecule has 1 amide bonds. The van der Waals surface area contributed by atoms with Gasteiger partial charge in [0.15, 0.2) is 0 Å². The van der Waals surface area contributed by atoms with Crippen molar-refractivity contribution in [1.29, 1.82) is 0 Å². The van der Waals surface area contributed by atoms with E-state index >= 15 is 0 Å². The maximum Gasteiger partial charge on any atom is 0.263 e. The van der Waals surface area contributed by atoms with Gasteiger partial charge in [0, 0.05) is 17.9 Å². The maximum absolute atomic E-state index is 12.1. The summed E-state index contributed by atoms with van der Waals surface area (Å²) in [6, 6.07) is 9.78. The van der Waals surface area contributed by atoms with Gasteiger partial charge in [0.25, 0.3) is 5.91 Å². The van der Waals surface area contributed by atoms with Gasteiger partial charge in [0.05, 0.1) is 0 Å². The number of rotatable bonds is 2. The summed E-state index contributed by atoms with van der Waals surface area (Å²) < 4.78 is 0. The number of benzene rings is 2. The van der Waals surface area contributed by atoms with Crippen molar-refractivity contribution in [2.45, 2.75) is 6.42 Å². The fourth-order valence-electron chi connectivity index (χ4n) is 2.34. The molecule has 4 N–H and O–H groups in total. The van der Waals surface area contributed by atoms with Crippen molar-refractivity contribution in [2.75, 3.05) is 17.2 Å². The number of fused-ring (bicyclic) bond motifs is 1. The summed E-state index contributed by atoms with van der Waals surface area (Å²) in [6.45, 7) is 0.896. The number of phenolic OH excluding ortho intramolecular Hbond substituents is 2. The maximum atomic E-state index is 12.1. The third-order valence-electron chi connectivity index (χ3n) is 3.32. The second kappa shape index (κ2) is 4.77. The molecule has 1 aliphatic heterocycles. The number of hydrogen-bond donors (Lipinski definition) is 4. The van der Waals surface area contributed by atoms with Crippen LogP contribution in [0, 0.1) is 0 Å². The van der Waals surface area contributed by atoms with Gasteiger partial charge in [0.1, 0.15) is 17.1 Å². The van der Waals surface area contributed by atoms with E-state index in [4.69, 9.17) is 0 Å². The summed E-state index contributed by atoms with van der Waals surface area (Å²) in [5, 5.41) is 25.2. The van der Waals surface area contributed by atoms with Crippen LogP contribution in [0.5, 0.6) is 11.5 Å². The quantitative estimate of drug-likeness (QED) is 0.675. The molecule has 0 fully saturated rings. The second-order valence-corrected chi connectivity index (χ2v) is 4.67. The topological polar surface area (TPSA) is 81.6 Å². The Bertz CT molecular complexity index is 663. The van der Waals surface area contributed by atoms with Crippen molar-refractivity contribution >= 4 is 17.3 Å². The van der Waals surface area contributed by atoms with Crippen molar-refractivity contribution in [3.63, 3.8) is 0 Å². The summed E-state index contributed by atoms with van der Waals surface area (Å²) in [7, 11) is 0. The third-order valence-corrected chi connectivity index (χ3v) is 3.32. The summed E-state index contributed by atoms with van der Waals surface area (Å²) in [4.78, 5) is 12.1. The van der Waals surface area contributed by atoms with Crippen LogP contribution in [0.4, 0.5) is 11.4 Å². The largest absolute Gasteiger partial charge is 0.507 e. The number of aromatic hydroxyl groups is 2. The molecule has 1 aliphatic rings. The molecular weight excluding hydrogens is 256 g/mol. The highest BCUT2D eigenvalue weighted by atomic mass is 16.3. The molecule has 5 nitrogen and oxygen atoms in total. The first-order valence-corrected chi connectivity index (χ1v) is 6.34. The van der Waals surface area contributed by atoms with Crippen LogP contribution >= 0.6 is 0 Å². The molecule has 0 radical (unpaired) electrons. The molecule has 0 unspecified atom stereocenters. The standard InChI is InChI=1S/C15H14N2O3/c18-12-2-1-3-13(19)14(12)15(20)17-10-4-5-11-9(8-10)6-7-16-11/h1-5,8,16,18-19H,6-7H2,(H,17,20). The number of hydrogen-bond acceptors (Lipinski definition) is 4. The predicted octanol–water partition coefficient (Wildman–Crippen LogP) is 2.32. The van der Waals surface area contributed by atoms with Crippen LogP contribution in [0.1, 0.15) is 15.9 Å². The predicted molar refractivity (Wildman–Crippen MR) is 76.4 cm³/mol. The van der Waals surface area contributed by atoms with Gasteiger partial charge in [-0.25, -0.2) is 0 Å². The number of anilines is 2. The lowest BCUT2D eigenvalue weighted by Crippen LogP contribution is -2.12. The second-order valence-electron chi connectivity index (χ2n) is 4.67. The molecule has 2 aromatic rings. The van der Waals surface area contributed by atoms with Crippen LogP contribution in [0.2, 0.25) is 0 Å². The monoisotopic (exact) mass is 270 g/mol. The Labute approximate surface area is 115 Å². The first-order chi connectivity index (χ1) is 9.65. The molecule has 20 heavy (non-hydrogen) atoms. The van der Waals surface area contributed by atoms with Gasteiger partial charge in [-0.3, -0.25) is 4.79 Å². The third kappa shape index (κ3) is 2.14. The molecule has 0 spiro atoms. The van der Waals surface area contributed by atoms with E-state index in [0.29, 0.717) is 5.69 Å². The number of carbonyl (C=O) groups excluding carboxylic acids is 1. The molecule has 0 aliphatic carbocycles. The lowest BCUT2D eigenvalue weighted by Gasteiger charge is -2.09. The van der Waals surface area contributed by atoms with Crippen LogP contribution in [-0.2, 0) is 6.42 Å². The molecule has 0 aromatic heterocycles. The van der Waals surface area contributed by atoms with E-state index in [9.17, 15) is 15.0 Å². The normalized spacial score (nSPS) is 12.6. The van der Waals surface area contributed by atoms with E-state index in [1.807, 2.05) is 12.1 Å². The molecule has 1 heterocycles. The Balaban J connectivity index is 1.86. The van der Waals surface area contributed by atoms with Gasteiger partial charge < -0.3 is 20.8 Å². The van der Waals surface area contributed by atoms with Crippen molar-refractivity contribution in [3.8, 4) is 11.5 Å². The lowest BCUT2D eigenvalue weighted by atomic mass is 10.1. The van der Waals surface area contributed by atoms with Crippen LogP contribution in [0.15, 0.2) is 36.4 Å². The Kier molecular flexibility index (Phi) is 2.95. The number of phenols is 2. The first-order valence-electron chi connectivity index (χ1n) is 6.34. The highest BCUT2D eigenvalue weighted by Crippen LogP contribution is 2.29. The van der Waals surface area contributed by atoms with Crippen molar-refractivity contribution < 1.29 is 15.0 Å². The van der Waals surface area contributed by atoms with Crippen LogP contribution in [0.3, 0.4) is 0 Å². The molecule has 0 saturated heterocycles. The van der Waals surface area contributed by atoms with Crippen molar-refractivity contribution in [3.05, 3.63) is 47.5 Å². The molecular formula is C15H14N2O3. The van der Waals surface area contributed by atoms with Crippen LogP contribution in [-0.4, -0.2) is 22.7 Å². The summed E-state index contributed by atoms with van der Waals surface area (Å²) >= 11 is 0. The molecule has 3 rings (SSSR count). The summed E-state index contributed by atoms with van der Waals surface area (Å²) in [6.07, 6.45) is 0.918. The minimum Gasteiger partial charge on any atom is -0.507 e. The molecule has 0 saturated carbocycles. The average molecular weight is 270 g/mol. The molecule has 5 heteroatoms.